The highest BCUT2D eigenvalue weighted by Gasteiger charge is 2.13. The Morgan fingerprint density at radius 2 is 1.93 bits per heavy atom. The number of hydrogen-bond donors (Lipinski definition) is 1. The Bertz CT molecular complexity index is 883. The normalized spacial score (nSPS) is 11.8. The van der Waals surface area contributed by atoms with E-state index in [-0.39, 0.29) is 17.7 Å². The van der Waals surface area contributed by atoms with E-state index in [0.29, 0.717) is 5.16 Å². The number of aromatic nitrogens is 4. The lowest BCUT2D eigenvalue weighted by atomic mass is 10.1. The van der Waals surface area contributed by atoms with Gasteiger partial charge in [0.25, 0.3) is 0 Å². The van der Waals surface area contributed by atoms with Gasteiger partial charge < -0.3 is 10.1 Å². The summed E-state index contributed by atoms with van der Waals surface area (Å²) in [4.78, 5) is 12.3. The SMILES string of the molecule is COc1ccc(-n2nnnc2SCC(=O)N[C@H](C)CCc2ccccc2)cc1. The zero-order valence-electron chi connectivity index (χ0n) is 15.9. The van der Waals surface area contributed by atoms with E-state index in [1.54, 1.807) is 11.8 Å². The van der Waals surface area contributed by atoms with Crippen LogP contribution in [0.2, 0.25) is 0 Å². The van der Waals surface area contributed by atoms with E-state index in [2.05, 4.69) is 33.0 Å². The molecule has 146 valence electrons. The van der Waals surface area contributed by atoms with Crippen LogP contribution in [0.3, 0.4) is 0 Å². The fraction of sp³-hybridized carbons (Fsp3) is 0.300. The van der Waals surface area contributed by atoms with Crippen molar-refractivity contribution in [3.05, 3.63) is 60.2 Å². The van der Waals surface area contributed by atoms with Crippen LogP contribution in [-0.2, 0) is 11.2 Å². The van der Waals surface area contributed by atoms with Gasteiger partial charge in [0, 0.05) is 6.04 Å². The summed E-state index contributed by atoms with van der Waals surface area (Å²) < 4.78 is 6.77. The van der Waals surface area contributed by atoms with Gasteiger partial charge in [-0.05, 0) is 60.0 Å². The second-order valence-electron chi connectivity index (χ2n) is 6.35. The maximum atomic E-state index is 12.3. The third kappa shape index (κ3) is 5.56. The van der Waals surface area contributed by atoms with Crippen LogP contribution in [0.5, 0.6) is 5.75 Å². The van der Waals surface area contributed by atoms with Gasteiger partial charge in [-0.15, -0.1) is 5.10 Å². The Morgan fingerprint density at radius 1 is 1.18 bits per heavy atom. The molecular formula is C20H23N5O2S. The molecule has 1 N–H and O–H groups in total. The predicted molar refractivity (Wildman–Crippen MR) is 109 cm³/mol. The van der Waals surface area contributed by atoms with Gasteiger partial charge >= 0.3 is 0 Å². The number of carbonyl (C=O) groups excluding carboxylic acids is 1. The Balaban J connectivity index is 1.49. The number of amides is 1. The Kier molecular flexibility index (Phi) is 7.02. The number of thioether (sulfide) groups is 1. The molecule has 3 aromatic rings. The number of carbonyl (C=O) groups is 1. The van der Waals surface area contributed by atoms with Crippen LogP contribution in [0.4, 0.5) is 0 Å². The molecule has 8 heteroatoms. The molecule has 0 radical (unpaired) electrons. The smallest absolute Gasteiger partial charge is 0.230 e. The Hall–Kier alpha value is -2.87. The molecule has 1 heterocycles. The van der Waals surface area contributed by atoms with E-state index >= 15 is 0 Å². The van der Waals surface area contributed by atoms with Gasteiger partial charge in [-0.25, -0.2) is 0 Å². The molecule has 0 fully saturated rings. The molecule has 0 unspecified atom stereocenters. The van der Waals surface area contributed by atoms with Crippen molar-refractivity contribution in [3.8, 4) is 11.4 Å². The summed E-state index contributed by atoms with van der Waals surface area (Å²) in [5, 5.41) is 15.3. The summed E-state index contributed by atoms with van der Waals surface area (Å²) >= 11 is 1.31. The molecule has 28 heavy (non-hydrogen) atoms. The van der Waals surface area contributed by atoms with E-state index in [1.807, 2.05) is 49.4 Å². The molecule has 1 aromatic heterocycles. The minimum atomic E-state index is -0.0326. The molecule has 0 saturated heterocycles. The second kappa shape index (κ2) is 9.89. The van der Waals surface area contributed by atoms with Crippen molar-refractivity contribution in [1.29, 1.82) is 0 Å². The van der Waals surface area contributed by atoms with Crippen molar-refractivity contribution in [1.82, 2.24) is 25.5 Å². The van der Waals surface area contributed by atoms with Crippen molar-refractivity contribution in [2.45, 2.75) is 31.0 Å². The minimum Gasteiger partial charge on any atom is -0.497 e. The first-order chi connectivity index (χ1) is 13.7. The highest BCUT2D eigenvalue weighted by atomic mass is 32.2. The monoisotopic (exact) mass is 397 g/mol. The van der Waals surface area contributed by atoms with Crippen LogP contribution in [-0.4, -0.2) is 45.0 Å². The zero-order valence-corrected chi connectivity index (χ0v) is 16.7. The van der Waals surface area contributed by atoms with Crippen LogP contribution < -0.4 is 10.1 Å². The van der Waals surface area contributed by atoms with Crippen LogP contribution in [0, 0.1) is 0 Å². The molecule has 2 aromatic carbocycles. The molecule has 0 bridgehead atoms. The van der Waals surface area contributed by atoms with Crippen molar-refractivity contribution < 1.29 is 9.53 Å². The van der Waals surface area contributed by atoms with Gasteiger partial charge in [-0.2, -0.15) is 4.68 Å². The lowest BCUT2D eigenvalue weighted by Crippen LogP contribution is -2.34. The number of ether oxygens (including phenoxy) is 1. The topological polar surface area (TPSA) is 81.9 Å². The van der Waals surface area contributed by atoms with Crippen molar-refractivity contribution in [2.24, 2.45) is 0 Å². The van der Waals surface area contributed by atoms with Gasteiger partial charge in [0.2, 0.25) is 11.1 Å². The van der Waals surface area contributed by atoms with E-state index < -0.39 is 0 Å². The molecule has 0 spiro atoms. The molecule has 0 aliphatic rings. The Morgan fingerprint density at radius 3 is 2.64 bits per heavy atom. The molecule has 0 saturated carbocycles. The fourth-order valence-corrected chi connectivity index (χ4v) is 3.40. The standard InChI is InChI=1S/C20H23N5O2S/c1-15(8-9-16-6-4-3-5-7-16)21-19(26)14-28-20-22-23-24-25(20)17-10-12-18(27-2)13-11-17/h3-7,10-13,15H,8-9,14H2,1-2H3,(H,21,26)/t15-/m1/s1. The maximum absolute atomic E-state index is 12.3. The van der Waals surface area contributed by atoms with Crippen molar-refractivity contribution in [3.63, 3.8) is 0 Å². The number of rotatable bonds is 9. The number of benzene rings is 2. The van der Waals surface area contributed by atoms with Gasteiger partial charge in [0.1, 0.15) is 5.75 Å². The van der Waals surface area contributed by atoms with Gasteiger partial charge in [0.15, 0.2) is 0 Å². The van der Waals surface area contributed by atoms with Gasteiger partial charge in [-0.1, -0.05) is 42.1 Å². The first-order valence-corrected chi connectivity index (χ1v) is 10.0. The predicted octanol–water partition coefficient (Wildman–Crippen LogP) is 2.90. The summed E-state index contributed by atoms with van der Waals surface area (Å²) in [6.45, 7) is 2.02. The second-order valence-corrected chi connectivity index (χ2v) is 7.30. The molecule has 0 aliphatic carbocycles. The third-order valence-electron chi connectivity index (χ3n) is 4.21. The molecule has 7 nitrogen and oxygen atoms in total. The van der Waals surface area contributed by atoms with Gasteiger partial charge in [0.05, 0.1) is 18.6 Å². The largest absolute Gasteiger partial charge is 0.497 e. The van der Waals surface area contributed by atoms with Crippen LogP contribution >= 0.6 is 11.8 Å². The first kappa shape index (κ1) is 19.9. The van der Waals surface area contributed by atoms with Crippen LogP contribution in [0.25, 0.3) is 5.69 Å². The molecule has 1 atom stereocenters. The summed E-state index contributed by atoms with van der Waals surface area (Å²) in [6.07, 6.45) is 1.83. The molecular weight excluding hydrogens is 374 g/mol. The van der Waals surface area contributed by atoms with Crippen molar-refractivity contribution >= 4 is 17.7 Å². The Labute approximate surface area is 168 Å². The number of nitrogens with one attached hydrogen (secondary N) is 1. The van der Waals surface area contributed by atoms with Crippen LogP contribution in [0.15, 0.2) is 59.8 Å². The molecule has 0 aliphatic heterocycles. The number of hydrogen-bond acceptors (Lipinski definition) is 6. The average molecular weight is 398 g/mol. The third-order valence-corrected chi connectivity index (χ3v) is 5.13. The zero-order chi connectivity index (χ0) is 19.8. The summed E-state index contributed by atoms with van der Waals surface area (Å²) in [6, 6.07) is 17.8. The molecule has 1 amide bonds. The van der Waals surface area contributed by atoms with E-state index in [0.717, 1.165) is 24.3 Å². The van der Waals surface area contributed by atoms with Crippen LogP contribution in [0.1, 0.15) is 18.9 Å². The summed E-state index contributed by atoms with van der Waals surface area (Å²) in [7, 11) is 1.62. The lowest BCUT2D eigenvalue weighted by Gasteiger charge is -2.13. The fourth-order valence-electron chi connectivity index (χ4n) is 2.70. The number of aryl methyl sites for hydroxylation is 1. The maximum Gasteiger partial charge on any atom is 0.230 e. The average Bonchev–Trinajstić information content (AvgIpc) is 3.20. The molecule has 3 rings (SSSR count). The first-order valence-electron chi connectivity index (χ1n) is 9.04. The highest BCUT2D eigenvalue weighted by molar-refractivity contribution is 7.99. The van der Waals surface area contributed by atoms with E-state index in [1.165, 1.54) is 17.3 Å². The lowest BCUT2D eigenvalue weighted by molar-refractivity contribution is -0.119. The van der Waals surface area contributed by atoms with Crippen molar-refractivity contribution in [2.75, 3.05) is 12.9 Å². The van der Waals surface area contributed by atoms with E-state index in [4.69, 9.17) is 4.74 Å². The minimum absolute atomic E-state index is 0.0326. The highest BCUT2D eigenvalue weighted by Crippen LogP contribution is 2.20. The quantitative estimate of drug-likeness (QED) is 0.559. The summed E-state index contributed by atoms with van der Waals surface area (Å²) in [5.74, 6) is 0.983. The number of tetrazole rings is 1. The number of methoxy groups -OCH3 is 1. The van der Waals surface area contributed by atoms with E-state index in [9.17, 15) is 4.79 Å². The number of nitrogens with zero attached hydrogens (tertiary/aromatic N) is 4. The van der Waals surface area contributed by atoms with Gasteiger partial charge in [-0.3, -0.25) is 4.79 Å². The summed E-state index contributed by atoms with van der Waals surface area (Å²) in [5.41, 5.74) is 2.08.